The van der Waals surface area contributed by atoms with Crippen molar-refractivity contribution < 1.29 is 13.2 Å². The molecule has 0 spiro atoms. The van der Waals surface area contributed by atoms with Crippen LogP contribution >= 0.6 is 0 Å². The van der Waals surface area contributed by atoms with Crippen LogP contribution in [0.4, 0.5) is 0 Å². The lowest BCUT2D eigenvalue weighted by Crippen LogP contribution is -2.45. The maximum absolute atomic E-state index is 12.0. The Bertz CT molecular complexity index is 610. The van der Waals surface area contributed by atoms with Gasteiger partial charge in [0.2, 0.25) is 15.9 Å². The van der Waals surface area contributed by atoms with Crippen LogP contribution in [0.1, 0.15) is 44.1 Å². The zero-order valence-corrected chi connectivity index (χ0v) is 15.2. The summed E-state index contributed by atoms with van der Waals surface area (Å²) in [7, 11) is -3.24. The van der Waals surface area contributed by atoms with Gasteiger partial charge in [-0.1, -0.05) is 49.6 Å². The maximum atomic E-state index is 12.0. The summed E-state index contributed by atoms with van der Waals surface area (Å²) in [6.45, 7) is 0.734. The van der Waals surface area contributed by atoms with Gasteiger partial charge in [0.05, 0.1) is 6.26 Å². The molecule has 0 heterocycles. The Balaban J connectivity index is 1.76. The summed E-state index contributed by atoms with van der Waals surface area (Å²) in [6, 6.07) is 9.97. The van der Waals surface area contributed by atoms with Gasteiger partial charge in [0.25, 0.3) is 0 Å². The highest BCUT2D eigenvalue weighted by Crippen LogP contribution is 2.24. The molecule has 134 valence electrons. The molecule has 0 unspecified atom stereocenters. The Kier molecular flexibility index (Phi) is 7.24. The molecule has 0 bridgehead atoms. The number of sulfonamides is 1. The summed E-state index contributed by atoms with van der Waals surface area (Å²) >= 11 is 0. The van der Waals surface area contributed by atoms with E-state index in [1.165, 1.54) is 12.7 Å². The first kappa shape index (κ1) is 18.9. The largest absolute Gasteiger partial charge is 0.355 e. The Hall–Kier alpha value is -1.40. The van der Waals surface area contributed by atoms with Gasteiger partial charge in [-0.3, -0.25) is 4.79 Å². The Morgan fingerprint density at radius 2 is 1.83 bits per heavy atom. The monoisotopic (exact) mass is 352 g/mol. The van der Waals surface area contributed by atoms with E-state index in [4.69, 9.17) is 0 Å². The van der Waals surface area contributed by atoms with Gasteiger partial charge in [0.1, 0.15) is 0 Å². The van der Waals surface area contributed by atoms with Crippen molar-refractivity contribution in [1.29, 1.82) is 0 Å². The third kappa shape index (κ3) is 6.24. The number of carbonyl (C=O) groups is 1. The number of hydrogen-bond donors (Lipinski definition) is 1. The predicted octanol–water partition coefficient (Wildman–Crippen LogP) is 2.33. The van der Waals surface area contributed by atoms with Crippen LogP contribution in [0.15, 0.2) is 30.3 Å². The Labute approximate surface area is 145 Å². The van der Waals surface area contributed by atoms with Crippen LogP contribution < -0.4 is 5.32 Å². The lowest BCUT2D eigenvalue weighted by Gasteiger charge is -2.32. The number of nitrogens with one attached hydrogen (secondary N) is 1. The highest BCUT2D eigenvalue weighted by molar-refractivity contribution is 7.88. The first-order chi connectivity index (χ1) is 11.5. The topological polar surface area (TPSA) is 66.5 Å². The van der Waals surface area contributed by atoms with Gasteiger partial charge in [-0.25, -0.2) is 8.42 Å². The number of rotatable bonds is 8. The summed E-state index contributed by atoms with van der Waals surface area (Å²) in [5.74, 6) is -0.0315. The fourth-order valence-electron chi connectivity index (χ4n) is 3.28. The molecule has 1 aliphatic carbocycles. The second-order valence-corrected chi connectivity index (χ2v) is 8.44. The van der Waals surface area contributed by atoms with Crippen LogP contribution in [-0.2, 0) is 21.2 Å². The smallest absolute Gasteiger partial charge is 0.220 e. The van der Waals surface area contributed by atoms with E-state index in [-0.39, 0.29) is 11.9 Å². The fraction of sp³-hybridized carbons (Fsp3) is 0.611. The summed E-state index contributed by atoms with van der Waals surface area (Å²) in [5, 5.41) is 2.85. The van der Waals surface area contributed by atoms with Crippen LogP contribution in [0, 0.1) is 0 Å². The molecule has 5 nitrogen and oxygen atoms in total. The minimum Gasteiger partial charge on any atom is -0.355 e. The van der Waals surface area contributed by atoms with Crippen molar-refractivity contribution in [2.75, 3.05) is 19.3 Å². The Morgan fingerprint density at radius 1 is 1.17 bits per heavy atom. The molecule has 1 aliphatic rings. The minimum absolute atomic E-state index is 0.0315. The number of amides is 1. The molecule has 0 aliphatic heterocycles. The SMILES string of the molecule is CS(=O)(=O)N(CCNC(=O)CCc1ccccc1)C1CCCCC1. The van der Waals surface area contributed by atoms with Crippen molar-refractivity contribution in [2.24, 2.45) is 0 Å². The van der Waals surface area contributed by atoms with Gasteiger partial charge < -0.3 is 5.32 Å². The molecule has 24 heavy (non-hydrogen) atoms. The average Bonchev–Trinajstić information content (AvgIpc) is 2.57. The van der Waals surface area contributed by atoms with E-state index < -0.39 is 10.0 Å². The van der Waals surface area contributed by atoms with Crippen LogP contribution in [0.2, 0.25) is 0 Å². The third-order valence-corrected chi connectivity index (χ3v) is 5.88. The molecule has 2 rings (SSSR count). The zero-order chi connectivity index (χ0) is 17.4. The molecule has 1 N–H and O–H groups in total. The van der Waals surface area contributed by atoms with E-state index in [2.05, 4.69) is 5.32 Å². The number of aryl methyl sites for hydroxylation is 1. The molecule has 0 radical (unpaired) electrons. The fourth-order valence-corrected chi connectivity index (χ4v) is 4.46. The van der Waals surface area contributed by atoms with Crippen molar-refractivity contribution in [2.45, 2.75) is 51.0 Å². The summed E-state index contributed by atoms with van der Waals surface area (Å²) < 4.78 is 25.6. The van der Waals surface area contributed by atoms with Crippen molar-refractivity contribution in [3.8, 4) is 0 Å². The van der Waals surface area contributed by atoms with Crippen LogP contribution in [0.3, 0.4) is 0 Å². The van der Waals surface area contributed by atoms with Crippen molar-refractivity contribution >= 4 is 15.9 Å². The first-order valence-corrected chi connectivity index (χ1v) is 10.6. The van der Waals surface area contributed by atoms with E-state index in [1.807, 2.05) is 30.3 Å². The van der Waals surface area contributed by atoms with Crippen molar-refractivity contribution in [1.82, 2.24) is 9.62 Å². The number of carbonyl (C=O) groups excluding carboxylic acids is 1. The lowest BCUT2D eigenvalue weighted by molar-refractivity contribution is -0.121. The zero-order valence-electron chi connectivity index (χ0n) is 14.4. The van der Waals surface area contributed by atoms with Crippen LogP contribution in [0.5, 0.6) is 0 Å². The van der Waals surface area contributed by atoms with E-state index >= 15 is 0 Å². The molecule has 1 fully saturated rings. The summed E-state index contributed by atoms with van der Waals surface area (Å²) in [4.78, 5) is 11.9. The lowest BCUT2D eigenvalue weighted by atomic mass is 9.95. The quantitative estimate of drug-likeness (QED) is 0.781. The molecule has 0 atom stereocenters. The van der Waals surface area contributed by atoms with Gasteiger partial charge in [-0.05, 0) is 24.8 Å². The second-order valence-electron chi connectivity index (χ2n) is 6.50. The standard InChI is InChI=1S/C18H28N2O3S/c1-24(22,23)20(17-10-6-3-7-11-17)15-14-19-18(21)13-12-16-8-4-2-5-9-16/h2,4-5,8-9,17H,3,6-7,10-15H2,1H3,(H,19,21). The van der Waals surface area contributed by atoms with Crippen molar-refractivity contribution in [3.63, 3.8) is 0 Å². The normalized spacial score (nSPS) is 16.2. The second kappa shape index (κ2) is 9.18. The van der Waals surface area contributed by atoms with E-state index in [1.54, 1.807) is 4.31 Å². The molecule has 0 aromatic heterocycles. The first-order valence-electron chi connectivity index (χ1n) is 8.74. The van der Waals surface area contributed by atoms with Gasteiger partial charge in [-0.15, -0.1) is 0 Å². The number of hydrogen-bond acceptors (Lipinski definition) is 3. The number of nitrogens with zero attached hydrogens (tertiary/aromatic N) is 1. The van der Waals surface area contributed by atoms with E-state index in [0.717, 1.165) is 31.2 Å². The minimum atomic E-state index is -3.24. The van der Waals surface area contributed by atoms with Gasteiger partial charge in [0, 0.05) is 25.6 Å². The van der Waals surface area contributed by atoms with Gasteiger partial charge >= 0.3 is 0 Å². The molecule has 0 saturated heterocycles. The van der Waals surface area contributed by atoms with Gasteiger partial charge in [0.15, 0.2) is 0 Å². The molecular formula is C18H28N2O3S. The molecular weight excluding hydrogens is 324 g/mol. The molecule has 1 aromatic carbocycles. The van der Waals surface area contributed by atoms with E-state index in [9.17, 15) is 13.2 Å². The van der Waals surface area contributed by atoms with Gasteiger partial charge in [-0.2, -0.15) is 4.31 Å². The Morgan fingerprint density at radius 3 is 2.46 bits per heavy atom. The predicted molar refractivity (Wildman–Crippen MR) is 96.2 cm³/mol. The molecule has 1 aromatic rings. The summed E-state index contributed by atoms with van der Waals surface area (Å²) in [6.07, 6.45) is 7.59. The molecule has 1 saturated carbocycles. The molecule has 6 heteroatoms. The van der Waals surface area contributed by atoms with Crippen molar-refractivity contribution in [3.05, 3.63) is 35.9 Å². The third-order valence-electron chi connectivity index (χ3n) is 4.55. The average molecular weight is 353 g/mol. The van der Waals surface area contributed by atoms with Crippen LogP contribution in [-0.4, -0.2) is 44.0 Å². The maximum Gasteiger partial charge on any atom is 0.220 e. The van der Waals surface area contributed by atoms with Crippen LogP contribution in [0.25, 0.3) is 0 Å². The highest BCUT2D eigenvalue weighted by Gasteiger charge is 2.27. The highest BCUT2D eigenvalue weighted by atomic mass is 32.2. The van der Waals surface area contributed by atoms with E-state index in [0.29, 0.717) is 25.9 Å². The molecule has 1 amide bonds. The summed E-state index contributed by atoms with van der Waals surface area (Å²) in [5.41, 5.74) is 1.13. The number of benzene rings is 1.